The Morgan fingerprint density at radius 3 is 2.68 bits per heavy atom. The van der Waals surface area contributed by atoms with Gasteiger partial charge in [0, 0.05) is 0 Å². The molecule has 2 aromatic rings. The molecule has 3 heterocycles. The van der Waals surface area contributed by atoms with Gasteiger partial charge in [-0.25, -0.2) is 0 Å². The molecule has 0 saturated carbocycles. The van der Waals surface area contributed by atoms with Crippen LogP contribution in [0.4, 0.5) is 11.8 Å². The fourth-order valence-corrected chi connectivity index (χ4v) is 4.22. The van der Waals surface area contributed by atoms with Crippen LogP contribution in [0.3, 0.4) is 0 Å². The van der Waals surface area contributed by atoms with Crippen molar-refractivity contribution in [1.29, 1.82) is 0 Å². The molecule has 11 nitrogen and oxygen atoms in total. The van der Waals surface area contributed by atoms with E-state index in [2.05, 4.69) is 15.0 Å². The van der Waals surface area contributed by atoms with E-state index in [9.17, 15) is 10.00 Å². The van der Waals surface area contributed by atoms with E-state index in [0.717, 1.165) is 0 Å². The molecule has 1 aliphatic rings. The third-order valence-corrected chi connectivity index (χ3v) is 6.00. The van der Waals surface area contributed by atoms with Gasteiger partial charge in [-0.1, -0.05) is 0 Å². The molecule has 0 aliphatic carbocycles. The molecule has 4 N–H and O–H groups in total. The van der Waals surface area contributed by atoms with Gasteiger partial charge in [0.1, 0.15) is 0 Å². The average Bonchev–Trinajstić information content (AvgIpc) is 3.05. The molecule has 1 fully saturated rings. The van der Waals surface area contributed by atoms with E-state index >= 15 is 0 Å². The molecule has 28 heavy (non-hydrogen) atoms. The molecule has 0 spiro atoms. The summed E-state index contributed by atoms with van der Waals surface area (Å²) < 4.78 is 18.7. The number of aliphatic hydroxyl groups is 1. The normalized spacial score (nSPS) is 27.0. The van der Waals surface area contributed by atoms with E-state index in [1.165, 1.54) is 13.9 Å². The minimum atomic E-state index is -3.34. The van der Waals surface area contributed by atoms with Crippen molar-refractivity contribution in [2.24, 2.45) is 0 Å². The van der Waals surface area contributed by atoms with Gasteiger partial charge >= 0.3 is 164 Å². The Morgan fingerprint density at radius 2 is 2.00 bits per heavy atom. The van der Waals surface area contributed by atoms with Crippen molar-refractivity contribution >= 4 is 38.3 Å². The van der Waals surface area contributed by atoms with Gasteiger partial charge in [0.2, 0.25) is 0 Å². The van der Waals surface area contributed by atoms with Crippen LogP contribution in [0.2, 0.25) is 0 Å². The number of hydrogen-bond acceptors (Lipinski definition) is 10. The van der Waals surface area contributed by atoms with Crippen LogP contribution in [0.15, 0.2) is 6.33 Å². The molecule has 0 radical (unpaired) electrons. The second-order valence-corrected chi connectivity index (χ2v) is 9.18. The third-order valence-electron chi connectivity index (χ3n) is 4.60. The Kier molecular flexibility index (Phi) is 6.38. The molecule has 156 valence electrons. The molecule has 0 amide bonds. The zero-order valence-electron chi connectivity index (χ0n) is 16.6. The predicted molar refractivity (Wildman–Crippen MR) is 110 cm³/mol. The number of imidazole rings is 1. The van der Waals surface area contributed by atoms with Crippen molar-refractivity contribution in [3.05, 3.63) is 6.33 Å². The number of aromatic nitrogens is 4. The topological polar surface area (TPSA) is 141 Å². The zero-order valence-corrected chi connectivity index (χ0v) is 17.6. The summed E-state index contributed by atoms with van der Waals surface area (Å²) >= 11 is 0. The van der Waals surface area contributed by atoms with Crippen molar-refractivity contribution in [1.82, 2.24) is 19.5 Å². The first-order valence-electron chi connectivity index (χ1n) is 9.34. The number of fused-ring (bicyclic) bond motifs is 1. The molecule has 1 saturated heterocycles. The SMILES string of the molecule is B[PH]1(O)OC[C@H](C)O[C@@H](n2c(N(CC)CC)nc3c(N)ncnc32)[C@@H](O)CO1. The van der Waals surface area contributed by atoms with Gasteiger partial charge in [0.05, 0.1) is 0 Å². The van der Waals surface area contributed by atoms with Gasteiger partial charge in [0.25, 0.3) is 0 Å². The van der Waals surface area contributed by atoms with E-state index in [1.807, 2.05) is 18.7 Å². The van der Waals surface area contributed by atoms with E-state index in [-0.39, 0.29) is 19.0 Å². The van der Waals surface area contributed by atoms with Crippen molar-refractivity contribution in [3.8, 4) is 0 Å². The monoisotopic (exact) mass is 414 g/mol. The maximum atomic E-state index is 10.9. The molecular weight excluding hydrogens is 386 g/mol. The van der Waals surface area contributed by atoms with Crippen LogP contribution < -0.4 is 10.6 Å². The van der Waals surface area contributed by atoms with Crippen LogP contribution in [0, 0.1) is 0 Å². The van der Waals surface area contributed by atoms with Crippen molar-refractivity contribution < 1.29 is 23.8 Å². The molecule has 3 atom stereocenters. The number of rotatable bonds is 4. The number of hydrogen-bond donors (Lipinski definition) is 3. The average molecular weight is 414 g/mol. The molecule has 1 aliphatic heterocycles. The van der Waals surface area contributed by atoms with E-state index in [1.54, 1.807) is 11.5 Å². The van der Waals surface area contributed by atoms with Crippen LogP contribution in [-0.4, -0.2) is 75.6 Å². The first-order chi connectivity index (χ1) is 13.3. The van der Waals surface area contributed by atoms with Crippen molar-refractivity contribution in [2.75, 3.05) is 36.9 Å². The summed E-state index contributed by atoms with van der Waals surface area (Å²) in [6.07, 6.45) is -1.02. The number of ether oxygens (including phenoxy) is 1. The summed E-state index contributed by atoms with van der Waals surface area (Å²) in [6, 6.07) is 0. The second-order valence-electron chi connectivity index (χ2n) is 6.81. The van der Waals surface area contributed by atoms with E-state index < -0.39 is 26.3 Å². The molecule has 13 heteroatoms. The zero-order chi connectivity index (χ0) is 20.5. The minimum absolute atomic E-state index is 0.132. The Balaban J connectivity index is 2.13. The third kappa shape index (κ3) is 4.22. The number of anilines is 2. The number of nitrogen functional groups attached to an aromatic ring is 1. The predicted octanol–water partition coefficient (Wildman–Crippen LogP) is -0.399. The molecule has 0 aromatic carbocycles. The summed E-state index contributed by atoms with van der Waals surface area (Å²) in [7, 11) is -1.83. The Bertz CT molecular complexity index is 820. The summed E-state index contributed by atoms with van der Waals surface area (Å²) in [5, 5.41) is 10.9. The maximum absolute atomic E-state index is 10.9. The fraction of sp³-hybridized carbons (Fsp3) is 0.667. The van der Waals surface area contributed by atoms with Crippen molar-refractivity contribution in [2.45, 2.75) is 39.2 Å². The Hall–Kier alpha value is -1.56. The first-order valence-corrected chi connectivity index (χ1v) is 11.6. The molecule has 0 bridgehead atoms. The van der Waals surface area contributed by atoms with E-state index in [4.69, 9.17) is 19.5 Å². The summed E-state index contributed by atoms with van der Waals surface area (Å²) in [4.78, 5) is 25.2. The van der Waals surface area contributed by atoms with Crippen LogP contribution in [0.1, 0.15) is 27.0 Å². The summed E-state index contributed by atoms with van der Waals surface area (Å²) in [6.45, 7) is 7.16. The van der Waals surface area contributed by atoms with Crippen LogP contribution in [-0.2, 0) is 13.8 Å². The fourth-order valence-electron chi connectivity index (χ4n) is 3.12. The Morgan fingerprint density at radius 1 is 1.32 bits per heavy atom. The summed E-state index contributed by atoms with van der Waals surface area (Å²) in [5.74, 6) is 0.810. The number of aliphatic hydroxyl groups excluding tert-OH is 1. The first kappa shape index (κ1) is 21.2. The van der Waals surface area contributed by atoms with E-state index in [0.29, 0.717) is 30.2 Å². The van der Waals surface area contributed by atoms with Gasteiger partial charge < -0.3 is 0 Å². The second kappa shape index (κ2) is 8.44. The van der Waals surface area contributed by atoms with Crippen LogP contribution in [0.25, 0.3) is 11.2 Å². The van der Waals surface area contributed by atoms with Gasteiger partial charge in [-0.3, -0.25) is 0 Å². The summed E-state index contributed by atoms with van der Waals surface area (Å²) in [5.41, 5.74) is 6.90. The number of nitrogens with zero attached hydrogens (tertiary/aromatic N) is 5. The number of nitrogens with two attached hydrogens (primary N) is 1. The standard InChI is InChI=1S/C15H28BN6O5P/c1-4-21(5-2)15-20-11-12(17)18-8-19-13(11)22(15)14-10(23)7-26-28(16,24)25-6-9(3)27-14/h8-10,14,23-24,28H,4-7,16H2,1-3H3,(H2,17,18,19)/t9-,10-,14+/m0/s1. The van der Waals surface area contributed by atoms with Crippen LogP contribution in [0.5, 0.6) is 0 Å². The Labute approximate surface area is 164 Å². The van der Waals surface area contributed by atoms with Crippen LogP contribution >= 0.6 is 7.82 Å². The molecule has 3 rings (SSSR count). The molecule has 2 aromatic heterocycles. The molecular formula is C15H28BN6O5P. The van der Waals surface area contributed by atoms with Crippen molar-refractivity contribution in [3.63, 3.8) is 0 Å². The molecule has 0 unspecified atom stereocenters. The quantitative estimate of drug-likeness (QED) is 0.447. The van der Waals surface area contributed by atoms with Gasteiger partial charge in [0.15, 0.2) is 0 Å². The van der Waals surface area contributed by atoms with Gasteiger partial charge in [-0.2, -0.15) is 0 Å². The van der Waals surface area contributed by atoms with Gasteiger partial charge in [-0.05, 0) is 0 Å². The van der Waals surface area contributed by atoms with Gasteiger partial charge in [-0.15, -0.1) is 0 Å².